The Morgan fingerprint density at radius 3 is 2.24 bits per heavy atom. The molecule has 0 amide bonds. The van der Waals surface area contributed by atoms with Gasteiger partial charge in [0.05, 0.1) is 11.0 Å². The maximum absolute atomic E-state index is 10.2. The number of aromatic hydroxyl groups is 1. The van der Waals surface area contributed by atoms with Gasteiger partial charge in [-0.25, -0.2) is 4.79 Å². The summed E-state index contributed by atoms with van der Waals surface area (Å²) in [6, 6.07) is 4.00. The molecule has 6 heteroatoms. The lowest BCUT2D eigenvalue weighted by atomic mass is 10.2. The van der Waals surface area contributed by atoms with Crippen molar-refractivity contribution in [3.8, 4) is 5.75 Å². The number of nitrogens with zero attached hydrogens (tertiary/aromatic N) is 1. The number of nitro benzene ring substituents is 1. The van der Waals surface area contributed by atoms with E-state index in [0.717, 1.165) is 6.07 Å². The molecule has 17 heavy (non-hydrogen) atoms. The van der Waals surface area contributed by atoms with E-state index in [2.05, 4.69) is 6.58 Å². The average molecular weight is 239 g/mol. The van der Waals surface area contributed by atoms with Crippen LogP contribution in [0.25, 0.3) is 0 Å². The molecule has 1 aromatic rings. The first-order valence-electron chi connectivity index (χ1n) is 4.58. The molecule has 0 radical (unpaired) electrons. The van der Waals surface area contributed by atoms with Gasteiger partial charge in [-0.15, -0.1) is 0 Å². The van der Waals surface area contributed by atoms with Crippen LogP contribution in [0.2, 0.25) is 0 Å². The van der Waals surface area contributed by atoms with E-state index in [9.17, 15) is 14.9 Å². The average Bonchev–Trinajstić information content (AvgIpc) is 2.22. The maximum atomic E-state index is 10.2. The van der Waals surface area contributed by atoms with Gasteiger partial charge in [-0.3, -0.25) is 10.1 Å². The quantitative estimate of drug-likeness (QED) is 0.468. The Balaban J connectivity index is 0.000000366. The number of phenolic OH excluding ortho intramolecular Hbond substituents is 1. The minimum absolute atomic E-state index is 0.0424. The predicted octanol–water partition coefficient (Wildman–Crippen LogP) is 2.26. The summed E-state index contributed by atoms with van der Waals surface area (Å²) < 4.78 is 0. The van der Waals surface area contributed by atoms with Crippen LogP contribution in [0.4, 0.5) is 5.69 Å². The van der Waals surface area contributed by atoms with Crippen LogP contribution in [0.15, 0.2) is 30.4 Å². The number of carboxylic acid groups (broad SMARTS) is 1. The largest absolute Gasteiger partial charge is 0.507 e. The summed E-state index contributed by atoms with van der Waals surface area (Å²) >= 11 is 0. The number of nitro groups is 1. The van der Waals surface area contributed by atoms with Crippen molar-refractivity contribution in [2.24, 2.45) is 0 Å². The Bertz CT molecular complexity index is 441. The fraction of sp³-hybridized carbons (Fsp3) is 0.182. The van der Waals surface area contributed by atoms with Gasteiger partial charge in [0.25, 0.3) is 5.69 Å². The number of hydrogen-bond acceptors (Lipinski definition) is 4. The normalized spacial score (nSPS) is 8.82. The second-order valence-electron chi connectivity index (χ2n) is 3.31. The lowest BCUT2D eigenvalue weighted by Crippen LogP contribution is -1.92. The smallest absolute Gasteiger partial charge is 0.330 e. The van der Waals surface area contributed by atoms with Crippen LogP contribution in [-0.2, 0) is 4.79 Å². The molecule has 0 aromatic heterocycles. The Hall–Kier alpha value is -2.37. The number of benzene rings is 1. The van der Waals surface area contributed by atoms with Gasteiger partial charge in [-0.2, -0.15) is 0 Å². The highest BCUT2D eigenvalue weighted by Gasteiger charge is 2.06. The van der Waals surface area contributed by atoms with Crippen LogP contribution < -0.4 is 0 Å². The summed E-state index contributed by atoms with van der Waals surface area (Å²) in [7, 11) is 0. The second kappa shape index (κ2) is 6.26. The lowest BCUT2D eigenvalue weighted by molar-refractivity contribution is -0.384. The third-order valence-corrected chi connectivity index (χ3v) is 1.77. The van der Waals surface area contributed by atoms with Crippen LogP contribution >= 0.6 is 0 Å². The van der Waals surface area contributed by atoms with Crippen molar-refractivity contribution in [1.29, 1.82) is 0 Å². The van der Waals surface area contributed by atoms with Gasteiger partial charge in [-0.1, -0.05) is 6.58 Å². The zero-order valence-corrected chi connectivity index (χ0v) is 9.51. The van der Waals surface area contributed by atoms with Crippen LogP contribution in [0.1, 0.15) is 12.5 Å². The van der Waals surface area contributed by atoms with Crippen LogP contribution in [0, 0.1) is 17.0 Å². The van der Waals surface area contributed by atoms with E-state index < -0.39 is 10.9 Å². The maximum Gasteiger partial charge on any atom is 0.330 e. The molecule has 92 valence electrons. The number of carboxylic acids is 1. The molecular weight excluding hydrogens is 226 g/mol. The van der Waals surface area contributed by atoms with Crippen molar-refractivity contribution in [3.63, 3.8) is 0 Å². The van der Waals surface area contributed by atoms with Crippen molar-refractivity contribution in [3.05, 3.63) is 46.0 Å². The number of phenols is 1. The van der Waals surface area contributed by atoms with Crippen LogP contribution in [0.3, 0.4) is 0 Å². The monoisotopic (exact) mass is 239 g/mol. The molecule has 6 nitrogen and oxygen atoms in total. The number of non-ortho nitro benzene ring substituents is 1. The molecule has 0 bridgehead atoms. The van der Waals surface area contributed by atoms with Gasteiger partial charge < -0.3 is 10.2 Å². The standard InChI is InChI=1S/C7H7NO3.C4H6O2/c1-5-2-3-6(8(10)11)4-7(5)9;1-3(2)4(5)6/h2-4,9H,1H3;1H2,2H3,(H,5,6). The first kappa shape index (κ1) is 14.6. The van der Waals surface area contributed by atoms with E-state index in [1.165, 1.54) is 19.1 Å². The molecule has 0 saturated heterocycles. The SMILES string of the molecule is C=C(C)C(=O)O.Cc1ccc([N+](=O)[O-])cc1O. The fourth-order valence-electron chi connectivity index (χ4n) is 0.711. The Morgan fingerprint density at radius 2 is 1.94 bits per heavy atom. The number of rotatable bonds is 2. The van der Waals surface area contributed by atoms with Gasteiger partial charge >= 0.3 is 5.97 Å². The number of aryl methyl sites for hydroxylation is 1. The zero-order valence-electron chi connectivity index (χ0n) is 9.51. The molecule has 0 heterocycles. The highest BCUT2D eigenvalue weighted by atomic mass is 16.6. The van der Waals surface area contributed by atoms with Crippen molar-refractivity contribution < 1.29 is 19.9 Å². The highest BCUT2D eigenvalue weighted by molar-refractivity contribution is 5.84. The summed E-state index contributed by atoms with van der Waals surface area (Å²) in [5.74, 6) is -0.978. The first-order chi connectivity index (χ1) is 7.75. The molecular formula is C11H13NO5. The number of carbonyl (C=O) groups is 1. The van der Waals surface area contributed by atoms with Gasteiger partial charge in [0.1, 0.15) is 5.75 Å². The molecule has 1 rings (SSSR count). The molecule has 2 N–H and O–H groups in total. The molecule has 0 saturated carbocycles. The lowest BCUT2D eigenvalue weighted by Gasteiger charge is -1.95. The molecule has 0 fully saturated rings. The molecule has 0 aliphatic heterocycles. The molecule has 0 atom stereocenters. The predicted molar refractivity (Wildman–Crippen MR) is 61.9 cm³/mol. The minimum Gasteiger partial charge on any atom is -0.507 e. The summed E-state index contributed by atoms with van der Waals surface area (Å²) in [5, 5.41) is 27.1. The Kier molecular flexibility index (Phi) is 5.39. The van der Waals surface area contributed by atoms with Crippen molar-refractivity contribution >= 4 is 11.7 Å². The molecule has 0 aliphatic rings. The molecule has 0 spiro atoms. The Labute approximate surface area is 98.0 Å². The van der Waals surface area contributed by atoms with Gasteiger partial charge in [0, 0.05) is 11.6 Å². The van der Waals surface area contributed by atoms with E-state index in [0.29, 0.717) is 5.56 Å². The topological polar surface area (TPSA) is 101 Å². The fourth-order valence-corrected chi connectivity index (χ4v) is 0.711. The molecule has 1 aromatic carbocycles. The molecule has 0 unspecified atom stereocenters. The summed E-state index contributed by atoms with van der Waals surface area (Å²) in [6.45, 7) is 6.28. The van der Waals surface area contributed by atoms with E-state index in [1.807, 2.05) is 0 Å². The van der Waals surface area contributed by atoms with Crippen LogP contribution in [-0.4, -0.2) is 21.1 Å². The summed E-state index contributed by atoms with van der Waals surface area (Å²) in [6.07, 6.45) is 0. The highest BCUT2D eigenvalue weighted by Crippen LogP contribution is 2.21. The van der Waals surface area contributed by atoms with Gasteiger partial charge in [0.15, 0.2) is 0 Å². The third kappa shape index (κ3) is 5.31. The summed E-state index contributed by atoms with van der Waals surface area (Å²) in [4.78, 5) is 19.2. The number of hydrogen-bond donors (Lipinski definition) is 2. The first-order valence-corrected chi connectivity index (χ1v) is 4.58. The van der Waals surface area contributed by atoms with E-state index in [4.69, 9.17) is 10.2 Å². The Morgan fingerprint density at radius 1 is 1.47 bits per heavy atom. The van der Waals surface area contributed by atoms with Gasteiger partial charge in [-0.05, 0) is 25.5 Å². The van der Waals surface area contributed by atoms with Gasteiger partial charge in [0.2, 0.25) is 0 Å². The van der Waals surface area contributed by atoms with Crippen molar-refractivity contribution in [2.45, 2.75) is 13.8 Å². The number of aliphatic carboxylic acids is 1. The zero-order chi connectivity index (χ0) is 13.6. The second-order valence-corrected chi connectivity index (χ2v) is 3.31. The van der Waals surface area contributed by atoms with Crippen molar-refractivity contribution in [1.82, 2.24) is 0 Å². The van der Waals surface area contributed by atoms with Crippen LogP contribution in [0.5, 0.6) is 5.75 Å². The van der Waals surface area contributed by atoms with E-state index >= 15 is 0 Å². The van der Waals surface area contributed by atoms with E-state index in [-0.39, 0.29) is 17.0 Å². The minimum atomic E-state index is -0.935. The molecule has 0 aliphatic carbocycles. The summed E-state index contributed by atoms with van der Waals surface area (Å²) in [5.41, 5.74) is 0.721. The van der Waals surface area contributed by atoms with Crippen molar-refractivity contribution in [2.75, 3.05) is 0 Å². The third-order valence-electron chi connectivity index (χ3n) is 1.77. The van der Waals surface area contributed by atoms with E-state index in [1.54, 1.807) is 6.92 Å².